The van der Waals surface area contributed by atoms with E-state index in [-0.39, 0.29) is 0 Å². The number of amides is 1. The van der Waals surface area contributed by atoms with Gasteiger partial charge in [-0.25, -0.2) is 13.1 Å². The van der Waals surface area contributed by atoms with Crippen molar-refractivity contribution in [1.82, 2.24) is 10.0 Å². The summed E-state index contributed by atoms with van der Waals surface area (Å²) in [6, 6.07) is 2.20. The number of carbonyl (C=O) groups excluding carboxylic acids is 1. The summed E-state index contributed by atoms with van der Waals surface area (Å²) in [5.41, 5.74) is -1.26. The second-order valence-electron chi connectivity index (χ2n) is 4.31. The summed E-state index contributed by atoms with van der Waals surface area (Å²) in [6.07, 6.45) is -4.11. The van der Waals surface area contributed by atoms with Gasteiger partial charge in [0, 0.05) is 6.54 Å². The van der Waals surface area contributed by atoms with Gasteiger partial charge in [0.1, 0.15) is 0 Å². The third kappa shape index (κ3) is 5.15. The fraction of sp³-hybridized carbons (Fsp3) is 0.417. The van der Waals surface area contributed by atoms with Crippen LogP contribution in [0.5, 0.6) is 0 Å². The fourth-order valence-corrected chi connectivity index (χ4v) is 2.69. The van der Waals surface area contributed by atoms with E-state index in [9.17, 15) is 26.4 Å². The first-order chi connectivity index (χ1) is 10.1. The lowest BCUT2D eigenvalue weighted by Crippen LogP contribution is -2.37. The predicted octanol–water partition coefficient (Wildman–Crippen LogP) is 2.16. The number of halogens is 4. The van der Waals surface area contributed by atoms with E-state index < -0.39 is 44.1 Å². The summed E-state index contributed by atoms with van der Waals surface area (Å²) < 4.78 is 63.9. The molecule has 1 aromatic rings. The zero-order valence-electron chi connectivity index (χ0n) is 11.5. The normalized spacial score (nSPS) is 12.2. The van der Waals surface area contributed by atoms with Crippen LogP contribution in [0.25, 0.3) is 0 Å². The standard InChI is InChI=1S/C12H14ClF3N2O3S/c1-2-5-17-11(19)7-18-22(20,21)8-3-4-10(13)9(6-8)12(14,15)16/h3-4,6,18H,2,5,7H2,1H3,(H,17,19). The van der Waals surface area contributed by atoms with Gasteiger partial charge >= 0.3 is 6.18 Å². The molecule has 0 fully saturated rings. The van der Waals surface area contributed by atoms with Gasteiger partial charge in [-0.05, 0) is 24.6 Å². The second kappa shape index (κ2) is 7.30. The summed E-state index contributed by atoms with van der Waals surface area (Å²) in [5, 5.41) is 1.83. The van der Waals surface area contributed by atoms with Crippen LogP contribution in [0.4, 0.5) is 13.2 Å². The Balaban J connectivity index is 2.92. The van der Waals surface area contributed by atoms with Gasteiger partial charge in [-0.2, -0.15) is 13.2 Å². The molecule has 5 nitrogen and oxygen atoms in total. The minimum atomic E-state index is -4.78. The van der Waals surface area contributed by atoms with Crippen molar-refractivity contribution in [2.24, 2.45) is 0 Å². The average molecular weight is 359 g/mol. The maximum Gasteiger partial charge on any atom is 0.417 e. The van der Waals surface area contributed by atoms with Crippen LogP contribution in [0.2, 0.25) is 5.02 Å². The van der Waals surface area contributed by atoms with Crippen LogP contribution in [0, 0.1) is 0 Å². The van der Waals surface area contributed by atoms with Gasteiger partial charge in [0.25, 0.3) is 0 Å². The molecule has 0 unspecified atom stereocenters. The van der Waals surface area contributed by atoms with Crippen molar-refractivity contribution < 1.29 is 26.4 Å². The highest BCUT2D eigenvalue weighted by Crippen LogP contribution is 2.35. The van der Waals surface area contributed by atoms with Gasteiger partial charge < -0.3 is 5.32 Å². The van der Waals surface area contributed by atoms with Crippen molar-refractivity contribution in [3.8, 4) is 0 Å². The number of carbonyl (C=O) groups is 1. The van der Waals surface area contributed by atoms with Crippen LogP contribution in [0.3, 0.4) is 0 Å². The van der Waals surface area contributed by atoms with Crippen LogP contribution in [-0.2, 0) is 21.0 Å². The third-order valence-electron chi connectivity index (χ3n) is 2.55. The van der Waals surface area contributed by atoms with E-state index in [1.807, 2.05) is 11.6 Å². The average Bonchev–Trinajstić information content (AvgIpc) is 2.42. The molecule has 0 bridgehead atoms. The summed E-state index contributed by atoms with van der Waals surface area (Å²) in [4.78, 5) is 10.7. The monoisotopic (exact) mass is 358 g/mol. The number of benzene rings is 1. The quantitative estimate of drug-likeness (QED) is 0.818. The van der Waals surface area contributed by atoms with Crippen molar-refractivity contribution in [3.63, 3.8) is 0 Å². The molecule has 1 amide bonds. The lowest BCUT2D eigenvalue weighted by atomic mass is 10.2. The van der Waals surface area contributed by atoms with Gasteiger partial charge in [0.2, 0.25) is 15.9 Å². The Bertz CT molecular complexity index is 648. The van der Waals surface area contributed by atoms with Gasteiger partial charge in [-0.1, -0.05) is 18.5 Å². The molecule has 0 saturated heterocycles. The number of hydrogen-bond acceptors (Lipinski definition) is 3. The molecule has 0 aromatic heterocycles. The minimum Gasteiger partial charge on any atom is -0.355 e. The number of sulfonamides is 1. The molecule has 1 aromatic carbocycles. The first kappa shape index (κ1) is 18.7. The summed E-state index contributed by atoms with van der Waals surface area (Å²) in [6.45, 7) is 1.63. The lowest BCUT2D eigenvalue weighted by molar-refractivity contribution is -0.137. The van der Waals surface area contributed by atoms with E-state index in [1.165, 1.54) is 0 Å². The van der Waals surface area contributed by atoms with Crippen molar-refractivity contribution >= 4 is 27.5 Å². The fourth-order valence-electron chi connectivity index (χ4n) is 1.46. The molecule has 1 rings (SSSR count). The number of alkyl halides is 3. The van der Waals surface area contributed by atoms with Crippen molar-refractivity contribution in [2.45, 2.75) is 24.4 Å². The molecule has 0 aliphatic heterocycles. The molecule has 0 aliphatic carbocycles. The van der Waals surface area contributed by atoms with Gasteiger partial charge in [-0.3, -0.25) is 4.79 Å². The van der Waals surface area contributed by atoms with Crippen LogP contribution in [-0.4, -0.2) is 27.4 Å². The molecule has 10 heteroatoms. The van der Waals surface area contributed by atoms with Crippen molar-refractivity contribution in [3.05, 3.63) is 28.8 Å². The summed E-state index contributed by atoms with van der Waals surface area (Å²) in [5.74, 6) is -0.574. The number of rotatable bonds is 6. The largest absolute Gasteiger partial charge is 0.417 e. The molecule has 0 spiro atoms. The molecule has 0 heterocycles. The van der Waals surface area contributed by atoms with E-state index in [0.717, 1.165) is 12.1 Å². The first-order valence-electron chi connectivity index (χ1n) is 6.21. The molecule has 22 heavy (non-hydrogen) atoms. The highest BCUT2D eigenvalue weighted by molar-refractivity contribution is 7.89. The molecule has 0 radical (unpaired) electrons. The van der Waals surface area contributed by atoms with E-state index in [0.29, 0.717) is 19.0 Å². The Morgan fingerprint density at radius 3 is 2.50 bits per heavy atom. The van der Waals surface area contributed by atoms with Crippen LogP contribution in [0.1, 0.15) is 18.9 Å². The topological polar surface area (TPSA) is 75.3 Å². The van der Waals surface area contributed by atoms with E-state index in [2.05, 4.69) is 5.32 Å². The second-order valence-corrected chi connectivity index (χ2v) is 6.49. The van der Waals surface area contributed by atoms with Crippen LogP contribution < -0.4 is 10.0 Å². The number of nitrogens with one attached hydrogen (secondary N) is 2. The van der Waals surface area contributed by atoms with Gasteiger partial charge in [-0.15, -0.1) is 0 Å². The van der Waals surface area contributed by atoms with E-state index in [4.69, 9.17) is 11.6 Å². The Morgan fingerprint density at radius 1 is 1.32 bits per heavy atom. The van der Waals surface area contributed by atoms with Gasteiger partial charge in [0.15, 0.2) is 0 Å². The van der Waals surface area contributed by atoms with Crippen LogP contribution >= 0.6 is 11.6 Å². The van der Waals surface area contributed by atoms with E-state index in [1.54, 1.807) is 0 Å². The van der Waals surface area contributed by atoms with Gasteiger partial charge in [0.05, 0.1) is 22.0 Å². The highest BCUT2D eigenvalue weighted by atomic mass is 35.5. The zero-order valence-corrected chi connectivity index (χ0v) is 13.1. The molecule has 0 saturated carbocycles. The molecular weight excluding hydrogens is 345 g/mol. The number of hydrogen-bond donors (Lipinski definition) is 2. The Labute approximate surface area is 130 Å². The smallest absolute Gasteiger partial charge is 0.355 e. The molecule has 0 aliphatic rings. The Morgan fingerprint density at radius 2 is 1.95 bits per heavy atom. The maximum atomic E-state index is 12.7. The van der Waals surface area contributed by atoms with E-state index >= 15 is 0 Å². The van der Waals surface area contributed by atoms with Crippen LogP contribution in [0.15, 0.2) is 23.1 Å². The van der Waals surface area contributed by atoms with Crippen molar-refractivity contribution in [2.75, 3.05) is 13.1 Å². The third-order valence-corrected chi connectivity index (χ3v) is 4.28. The molecule has 124 valence electrons. The SMILES string of the molecule is CCCNC(=O)CNS(=O)(=O)c1ccc(Cl)c(C(F)(F)F)c1. The molecule has 2 N–H and O–H groups in total. The Hall–Kier alpha value is -1.32. The maximum absolute atomic E-state index is 12.7. The highest BCUT2D eigenvalue weighted by Gasteiger charge is 2.34. The summed E-state index contributed by atoms with van der Waals surface area (Å²) >= 11 is 5.42. The molecule has 0 atom stereocenters. The van der Waals surface area contributed by atoms with Crippen molar-refractivity contribution in [1.29, 1.82) is 0 Å². The lowest BCUT2D eigenvalue weighted by Gasteiger charge is -2.12. The minimum absolute atomic E-state index is 0.375. The molecular formula is C12H14ClF3N2O3S. The summed E-state index contributed by atoms with van der Waals surface area (Å²) in [7, 11) is -4.25. The zero-order chi connectivity index (χ0) is 17.0. The Kier molecular flexibility index (Phi) is 6.21. The first-order valence-corrected chi connectivity index (χ1v) is 8.07. The predicted molar refractivity (Wildman–Crippen MR) is 74.9 cm³/mol.